The molecule has 1 amide bonds. The number of halogens is 1. The van der Waals surface area contributed by atoms with E-state index in [9.17, 15) is 9.90 Å². The zero-order valence-electron chi connectivity index (χ0n) is 8.68. The largest absolute Gasteiger partial charge is 0.507 e. The number of phenols is 1. The highest BCUT2D eigenvalue weighted by Crippen LogP contribution is 2.21. The fourth-order valence-electron chi connectivity index (χ4n) is 1.29. The van der Waals surface area contributed by atoms with Crippen molar-refractivity contribution in [2.45, 2.75) is 6.54 Å². The van der Waals surface area contributed by atoms with Crippen LogP contribution in [-0.4, -0.2) is 16.2 Å². The Bertz CT molecular complexity index is 526. The summed E-state index contributed by atoms with van der Waals surface area (Å²) in [6, 6.07) is 5.90. The molecule has 0 bridgehead atoms. The molecule has 2 rings (SSSR count). The molecule has 1 aromatic carbocycles. The molecule has 0 aliphatic heterocycles. The molecular weight excluding hydrogens is 244 g/mol. The average Bonchev–Trinajstić information content (AvgIpc) is 2.82. The standard InChI is InChI=1S/C11H9ClN2O3/c12-7-1-2-10(15)9(5-7)11(16)13-6-8-3-4-14-17-8/h1-5,15H,6H2,(H,13,16). The number of phenolic OH excluding ortho intramolecular Hbond substituents is 1. The van der Waals surface area contributed by atoms with Crippen LogP contribution in [0.15, 0.2) is 35.0 Å². The highest BCUT2D eigenvalue weighted by atomic mass is 35.5. The third-order valence-electron chi connectivity index (χ3n) is 2.12. The van der Waals surface area contributed by atoms with Gasteiger partial charge >= 0.3 is 0 Å². The number of nitrogens with zero attached hydrogens (tertiary/aromatic N) is 1. The smallest absolute Gasteiger partial charge is 0.255 e. The van der Waals surface area contributed by atoms with Gasteiger partial charge in [-0.1, -0.05) is 16.8 Å². The first-order valence-corrected chi connectivity index (χ1v) is 5.21. The number of benzene rings is 1. The zero-order chi connectivity index (χ0) is 12.3. The van der Waals surface area contributed by atoms with E-state index in [1.165, 1.54) is 24.4 Å². The quantitative estimate of drug-likeness (QED) is 0.876. The maximum absolute atomic E-state index is 11.7. The number of rotatable bonds is 3. The summed E-state index contributed by atoms with van der Waals surface area (Å²) < 4.78 is 4.82. The Labute approximate surface area is 102 Å². The second kappa shape index (κ2) is 4.88. The molecule has 0 spiro atoms. The molecule has 1 heterocycles. The van der Waals surface area contributed by atoms with Gasteiger partial charge in [-0.3, -0.25) is 4.79 Å². The molecule has 0 aliphatic rings. The SMILES string of the molecule is O=C(NCc1ccno1)c1cc(Cl)ccc1O. The van der Waals surface area contributed by atoms with E-state index in [0.717, 1.165) is 0 Å². The highest BCUT2D eigenvalue weighted by molar-refractivity contribution is 6.31. The Balaban J connectivity index is 2.07. The molecule has 0 saturated heterocycles. The van der Waals surface area contributed by atoms with E-state index < -0.39 is 5.91 Å². The van der Waals surface area contributed by atoms with Gasteiger partial charge in [-0.2, -0.15) is 0 Å². The lowest BCUT2D eigenvalue weighted by atomic mass is 10.2. The Hall–Kier alpha value is -2.01. The molecule has 1 aromatic heterocycles. The van der Waals surface area contributed by atoms with E-state index >= 15 is 0 Å². The molecule has 0 atom stereocenters. The number of carbonyl (C=O) groups is 1. The van der Waals surface area contributed by atoms with E-state index in [-0.39, 0.29) is 17.9 Å². The van der Waals surface area contributed by atoms with Crippen LogP contribution in [0.1, 0.15) is 16.1 Å². The maximum atomic E-state index is 11.7. The number of nitrogens with one attached hydrogen (secondary N) is 1. The van der Waals surface area contributed by atoms with E-state index in [0.29, 0.717) is 10.8 Å². The minimum Gasteiger partial charge on any atom is -0.507 e. The van der Waals surface area contributed by atoms with Crippen molar-refractivity contribution in [2.75, 3.05) is 0 Å². The van der Waals surface area contributed by atoms with Gasteiger partial charge in [0.2, 0.25) is 0 Å². The number of amides is 1. The Kier molecular flexibility index (Phi) is 3.30. The second-order valence-corrected chi connectivity index (χ2v) is 3.76. The molecule has 17 heavy (non-hydrogen) atoms. The van der Waals surface area contributed by atoms with Gasteiger partial charge in [0.05, 0.1) is 18.3 Å². The van der Waals surface area contributed by atoms with E-state index in [4.69, 9.17) is 16.1 Å². The Morgan fingerprint density at radius 2 is 2.29 bits per heavy atom. The first kappa shape index (κ1) is 11.5. The predicted molar refractivity (Wildman–Crippen MR) is 60.8 cm³/mol. The number of hydrogen-bond acceptors (Lipinski definition) is 4. The molecule has 0 unspecified atom stereocenters. The summed E-state index contributed by atoms with van der Waals surface area (Å²) in [5.41, 5.74) is 0.122. The second-order valence-electron chi connectivity index (χ2n) is 3.32. The monoisotopic (exact) mass is 252 g/mol. The summed E-state index contributed by atoms with van der Waals surface area (Å²) in [4.78, 5) is 11.7. The number of aromatic nitrogens is 1. The van der Waals surface area contributed by atoms with Gasteiger partial charge in [0.15, 0.2) is 5.76 Å². The van der Waals surface area contributed by atoms with Crippen LogP contribution in [0.25, 0.3) is 0 Å². The molecule has 0 fully saturated rings. The lowest BCUT2D eigenvalue weighted by Gasteiger charge is -2.05. The van der Waals surface area contributed by atoms with Crippen molar-refractivity contribution in [1.29, 1.82) is 0 Å². The number of carbonyl (C=O) groups excluding carboxylic acids is 1. The molecule has 0 saturated carbocycles. The van der Waals surface area contributed by atoms with Gasteiger partial charge in [-0.15, -0.1) is 0 Å². The van der Waals surface area contributed by atoms with Crippen molar-refractivity contribution in [3.63, 3.8) is 0 Å². The van der Waals surface area contributed by atoms with Crippen molar-refractivity contribution < 1.29 is 14.4 Å². The van der Waals surface area contributed by atoms with Crippen LogP contribution in [0.2, 0.25) is 5.02 Å². The topological polar surface area (TPSA) is 75.4 Å². The Morgan fingerprint density at radius 1 is 1.47 bits per heavy atom. The van der Waals surface area contributed by atoms with Crippen LogP contribution >= 0.6 is 11.6 Å². The molecule has 2 N–H and O–H groups in total. The molecule has 0 aliphatic carbocycles. The van der Waals surface area contributed by atoms with E-state index in [2.05, 4.69) is 10.5 Å². The molecule has 88 valence electrons. The fraction of sp³-hybridized carbons (Fsp3) is 0.0909. The van der Waals surface area contributed by atoms with Crippen molar-refractivity contribution in [3.8, 4) is 5.75 Å². The molecule has 2 aromatic rings. The minimum absolute atomic E-state index is 0.121. The summed E-state index contributed by atoms with van der Waals surface area (Å²) in [6.07, 6.45) is 1.48. The fourth-order valence-corrected chi connectivity index (χ4v) is 1.46. The lowest BCUT2D eigenvalue weighted by Crippen LogP contribution is -2.22. The van der Waals surface area contributed by atoms with Crippen molar-refractivity contribution >= 4 is 17.5 Å². The molecular formula is C11H9ClN2O3. The van der Waals surface area contributed by atoms with Crippen LogP contribution in [0, 0.1) is 0 Å². The number of hydrogen-bond donors (Lipinski definition) is 2. The molecule has 0 radical (unpaired) electrons. The van der Waals surface area contributed by atoms with Crippen LogP contribution < -0.4 is 5.32 Å². The normalized spacial score (nSPS) is 10.2. The van der Waals surface area contributed by atoms with E-state index in [1.54, 1.807) is 6.07 Å². The third kappa shape index (κ3) is 2.76. The summed E-state index contributed by atoms with van der Waals surface area (Å²) >= 11 is 5.74. The van der Waals surface area contributed by atoms with E-state index in [1.807, 2.05) is 0 Å². The van der Waals surface area contributed by atoms with Crippen LogP contribution in [0.4, 0.5) is 0 Å². The van der Waals surface area contributed by atoms with Gasteiger partial charge in [0.1, 0.15) is 5.75 Å². The van der Waals surface area contributed by atoms with Crippen LogP contribution in [-0.2, 0) is 6.54 Å². The van der Waals surface area contributed by atoms with Crippen LogP contribution in [0.5, 0.6) is 5.75 Å². The van der Waals surface area contributed by atoms with Crippen molar-refractivity contribution in [2.24, 2.45) is 0 Å². The first-order chi connectivity index (χ1) is 8.16. The van der Waals surface area contributed by atoms with Crippen LogP contribution in [0.3, 0.4) is 0 Å². The van der Waals surface area contributed by atoms with Gasteiger partial charge in [-0.05, 0) is 18.2 Å². The molecule has 5 nitrogen and oxygen atoms in total. The van der Waals surface area contributed by atoms with Gasteiger partial charge in [0.25, 0.3) is 5.91 Å². The zero-order valence-corrected chi connectivity index (χ0v) is 9.44. The lowest BCUT2D eigenvalue weighted by molar-refractivity contribution is 0.0944. The summed E-state index contributed by atoms with van der Waals surface area (Å²) in [5, 5.41) is 16.0. The van der Waals surface area contributed by atoms with Crippen molar-refractivity contribution in [3.05, 3.63) is 46.8 Å². The predicted octanol–water partition coefficient (Wildman–Crippen LogP) is 1.96. The maximum Gasteiger partial charge on any atom is 0.255 e. The van der Waals surface area contributed by atoms with Gasteiger partial charge in [-0.25, -0.2) is 0 Å². The highest BCUT2D eigenvalue weighted by Gasteiger charge is 2.11. The summed E-state index contributed by atoms with van der Waals surface area (Å²) in [7, 11) is 0. The first-order valence-electron chi connectivity index (χ1n) is 4.83. The summed E-state index contributed by atoms with van der Waals surface area (Å²) in [5.74, 6) is -0.0225. The average molecular weight is 253 g/mol. The number of aromatic hydroxyl groups is 1. The third-order valence-corrected chi connectivity index (χ3v) is 2.35. The van der Waals surface area contributed by atoms with Crippen molar-refractivity contribution in [1.82, 2.24) is 10.5 Å². The van der Waals surface area contributed by atoms with Gasteiger partial charge < -0.3 is 14.9 Å². The minimum atomic E-state index is -0.429. The Morgan fingerprint density at radius 3 is 3.00 bits per heavy atom. The summed E-state index contributed by atoms with van der Waals surface area (Å²) in [6.45, 7) is 0.199. The van der Waals surface area contributed by atoms with Gasteiger partial charge in [0, 0.05) is 11.1 Å². The molecule has 6 heteroatoms.